The zero-order chi connectivity index (χ0) is 14.4. The van der Waals surface area contributed by atoms with Crippen molar-refractivity contribution in [2.75, 3.05) is 18.1 Å². The molecular formula is C16H27NOS. The first-order chi connectivity index (χ1) is 8.93. The van der Waals surface area contributed by atoms with Crippen molar-refractivity contribution in [2.24, 2.45) is 5.92 Å². The Bertz CT molecular complexity index is 429. The van der Waals surface area contributed by atoms with Crippen LogP contribution in [0.4, 0.5) is 0 Å². The van der Waals surface area contributed by atoms with Crippen LogP contribution in [0.25, 0.3) is 0 Å². The summed E-state index contributed by atoms with van der Waals surface area (Å²) in [5.41, 5.74) is 3.84. The fourth-order valence-electron chi connectivity index (χ4n) is 2.35. The third-order valence-corrected chi connectivity index (χ3v) is 4.87. The molecule has 0 aromatic heterocycles. The highest BCUT2D eigenvalue weighted by molar-refractivity contribution is 7.85. The van der Waals surface area contributed by atoms with Gasteiger partial charge in [0.25, 0.3) is 0 Å². The van der Waals surface area contributed by atoms with E-state index < -0.39 is 10.8 Å². The lowest BCUT2D eigenvalue weighted by atomic mass is 10.0. The van der Waals surface area contributed by atoms with Crippen molar-refractivity contribution in [3.63, 3.8) is 0 Å². The molecule has 1 aromatic carbocycles. The van der Waals surface area contributed by atoms with E-state index in [-0.39, 0.29) is 6.04 Å². The predicted octanol–water partition coefficient (Wildman–Crippen LogP) is 3.36. The molecule has 19 heavy (non-hydrogen) atoms. The molecule has 1 N–H and O–H groups in total. The second-order valence-electron chi connectivity index (χ2n) is 5.64. The summed E-state index contributed by atoms with van der Waals surface area (Å²) in [5, 5.41) is 3.47. The first-order valence-corrected chi connectivity index (χ1v) is 8.58. The van der Waals surface area contributed by atoms with Crippen molar-refractivity contribution < 1.29 is 4.21 Å². The molecule has 108 valence electrons. The van der Waals surface area contributed by atoms with Crippen LogP contribution < -0.4 is 5.32 Å². The van der Waals surface area contributed by atoms with Gasteiger partial charge in [-0.15, -0.1) is 0 Å². The molecule has 0 aliphatic rings. The van der Waals surface area contributed by atoms with Gasteiger partial charge in [-0.05, 0) is 37.4 Å². The minimum atomic E-state index is -0.758. The zero-order valence-corrected chi connectivity index (χ0v) is 13.6. The summed E-state index contributed by atoms with van der Waals surface area (Å²) in [6.45, 7) is 11.5. The molecule has 0 amide bonds. The van der Waals surface area contributed by atoms with Crippen LogP contribution in [-0.4, -0.2) is 22.3 Å². The molecule has 0 spiro atoms. The largest absolute Gasteiger partial charge is 0.309 e. The molecule has 1 rings (SSSR count). The van der Waals surface area contributed by atoms with Gasteiger partial charge in [0.15, 0.2) is 0 Å². The smallest absolute Gasteiger partial charge is 0.0439 e. The second-order valence-corrected chi connectivity index (χ2v) is 7.18. The number of benzene rings is 1. The lowest BCUT2D eigenvalue weighted by molar-refractivity contribution is 0.588. The summed E-state index contributed by atoms with van der Waals surface area (Å²) in [6.07, 6.45) is 0. The number of aryl methyl sites for hydroxylation is 2. The van der Waals surface area contributed by atoms with E-state index in [9.17, 15) is 4.21 Å². The Morgan fingerprint density at radius 1 is 1.21 bits per heavy atom. The van der Waals surface area contributed by atoms with Crippen molar-refractivity contribution in [1.82, 2.24) is 5.32 Å². The van der Waals surface area contributed by atoms with E-state index >= 15 is 0 Å². The molecule has 0 heterocycles. The number of hydrogen-bond acceptors (Lipinski definition) is 2. The summed E-state index contributed by atoms with van der Waals surface area (Å²) in [5.74, 6) is 1.98. The third kappa shape index (κ3) is 5.45. The highest BCUT2D eigenvalue weighted by atomic mass is 32.2. The van der Waals surface area contributed by atoms with E-state index in [0.717, 1.165) is 12.3 Å². The van der Waals surface area contributed by atoms with Gasteiger partial charge < -0.3 is 5.32 Å². The first kappa shape index (κ1) is 16.4. The Kier molecular flexibility index (Phi) is 6.73. The van der Waals surface area contributed by atoms with Crippen molar-refractivity contribution in [2.45, 2.75) is 40.7 Å². The van der Waals surface area contributed by atoms with Crippen molar-refractivity contribution in [3.05, 3.63) is 34.9 Å². The summed E-state index contributed by atoms with van der Waals surface area (Å²) in [6, 6.07) is 6.71. The number of nitrogens with one attached hydrogen (secondary N) is 1. The third-order valence-electron chi connectivity index (χ3n) is 3.12. The van der Waals surface area contributed by atoms with Crippen LogP contribution in [0.5, 0.6) is 0 Å². The summed E-state index contributed by atoms with van der Waals surface area (Å²) in [7, 11) is -0.758. The van der Waals surface area contributed by atoms with Gasteiger partial charge >= 0.3 is 0 Å². The van der Waals surface area contributed by atoms with E-state index in [1.807, 2.05) is 0 Å². The van der Waals surface area contributed by atoms with Crippen LogP contribution in [0.15, 0.2) is 18.2 Å². The Balaban J connectivity index is 2.84. The minimum Gasteiger partial charge on any atom is -0.309 e. The molecule has 0 saturated carbocycles. The SMILES string of the molecule is CCNC(CS(=O)CC(C)C)c1ccc(C)cc1C. The zero-order valence-electron chi connectivity index (χ0n) is 12.8. The normalized spacial score (nSPS) is 14.6. The standard InChI is InChI=1S/C16H27NOS/c1-6-17-16(11-19(18)10-12(2)3)15-8-7-13(4)9-14(15)5/h7-9,12,16-17H,6,10-11H2,1-5H3. The second kappa shape index (κ2) is 7.81. The maximum Gasteiger partial charge on any atom is 0.0439 e. The molecule has 0 aliphatic heterocycles. The quantitative estimate of drug-likeness (QED) is 0.830. The summed E-state index contributed by atoms with van der Waals surface area (Å²) in [4.78, 5) is 0. The van der Waals surface area contributed by atoms with Crippen LogP contribution in [0.3, 0.4) is 0 Å². The van der Waals surface area contributed by atoms with Gasteiger partial charge in [-0.2, -0.15) is 0 Å². The van der Waals surface area contributed by atoms with Gasteiger partial charge in [-0.25, -0.2) is 0 Å². The molecule has 0 saturated heterocycles. The fraction of sp³-hybridized carbons (Fsp3) is 0.625. The van der Waals surface area contributed by atoms with E-state index in [1.54, 1.807) is 0 Å². The predicted molar refractivity (Wildman–Crippen MR) is 85.0 cm³/mol. The van der Waals surface area contributed by atoms with Crippen molar-refractivity contribution in [3.8, 4) is 0 Å². The molecule has 2 atom stereocenters. The molecule has 2 unspecified atom stereocenters. The molecule has 1 aromatic rings. The van der Waals surface area contributed by atoms with E-state index in [0.29, 0.717) is 11.7 Å². The maximum atomic E-state index is 12.2. The highest BCUT2D eigenvalue weighted by Crippen LogP contribution is 2.20. The van der Waals surface area contributed by atoms with Gasteiger partial charge in [0, 0.05) is 28.3 Å². The van der Waals surface area contributed by atoms with Crippen LogP contribution in [-0.2, 0) is 10.8 Å². The van der Waals surface area contributed by atoms with Crippen LogP contribution in [0, 0.1) is 19.8 Å². The first-order valence-electron chi connectivity index (χ1n) is 7.09. The van der Waals surface area contributed by atoms with Gasteiger partial charge in [0.05, 0.1) is 0 Å². The average molecular weight is 281 g/mol. The van der Waals surface area contributed by atoms with Gasteiger partial charge in [0.2, 0.25) is 0 Å². The van der Waals surface area contributed by atoms with E-state index in [2.05, 4.69) is 58.1 Å². The monoisotopic (exact) mass is 281 g/mol. The summed E-state index contributed by atoms with van der Waals surface area (Å²) < 4.78 is 12.2. The van der Waals surface area contributed by atoms with Crippen molar-refractivity contribution in [1.29, 1.82) is 0 Å². The van der Waals surface area contributed by atoms with Crippen LogP contribution in [0.1, 0.15) is 43.5 Å². The Morgan fingerprint density at radius 2 is 1.89 bits per heavy atom. The lowest BCUT2D eigenvalue weighted by Crippen LogP contribution is -2.28. The molecule has 0 radical (unpaired) electrons. The minimum absolute atomic E-state index is 0.199. The van der Waals surface area contributed by atoms with E-state index in [4.69, 9.17) is 0 Å². The molecular weight excluding hydrogens is 254 g/mol. The summed E-state index contributed by atoms with van der Waals surface area (Å²) >= 11 is 0. The highest BCUT2D eigenvalue weighted by Gasteiger charge is 2.16. The molecule has 3 heteroatoms. The molecule has 0 bridgehead atoms. The van der Waals surface area contributed by atoms with Gasteiger partial charge in [-0.1, -0.05) is 44.5 Å². The number of hydrogen-bond donors (Lipinski definition) is 1. The lowest BCUT2D eigenvalue weighted by Gasteiger charge is -2.21. The molecule has 0 fully saturated rings. The maximum absolute atomic E-state index is 12.2. The Hall–Kier alpha value is -0.670. The topological polar surface area (TPSA) is 29.1 Å². The Labute approximate surface area is 120 Å². The molecule has 0 aliphatic carbocycles. The van der Waals surface area contributed by atoms with Gasteiger partial charge in [-0.3, -0.25) is 4.21 Å². The van der Waals surface area contributed by atoms with Crippen LogP contribution >= 0.6 is 0 Å². The van der Waals surface area contributed by atoms with Crippen molar-refractivity contribution >= 4 is 10.8 Å². The van der Waals surface area contributed by atoms with Gasteiger partial charge in [0.1, 0.15) is 0 Å². The average Bonchev–Trinajstić information content (AvgIpc) is 2.27. The number of rotatable bonds is 7. The molecule has 2 nitrogen and oxygen atoms in total. The fourth-order valence-corrected chi connectivity index (χ4v) is 3.90. The van der Waals surface area contributed by atoms with Crippen LogP contribution in [0.2, 0.25) is 0 Å². The van der Waals surface area contributed by atoms with E-state index in [1.165, 1.54) is 16.7 Å². The Morgan fingerprint density at radius 3 is 2.42 bits per heavy atom.